The largest absolute Gasteiger partial charge is 0.507 e. The van der Waals surface area contributed by atoms with Gasteiger partial charge >= 0.3 is 0 Å². The summed E-state index contributed by atoms with van der Waals surface area (Å²) in [5.74, 6) is 1.40. The number of benzene rings is 2. The first-order valence-corrected chi connectivity index (χ1v) is 11.3. The van der Waals surface area contributed by atoms with Gasteiger partial charge in [-0.25, -0.2) is 0 Å². The van der Waals surface area contributed by atoms with E-state index in [-0.39, 0.29) is 16.9 Å². The lowest BCUT2D eigenvalue weighted by Gasteiger charge is -2.18. The van der Waals surface area contributed by atoms with Crippen molar-refractivity contribution in [2.45, 2.75) is 51.4 Å². The second-order valence-corrected chi connectivity index (χ2v) is 9.87. The average molecular weight is 436 g/mol. The van der Waals surface area contributed by atoms with E-state index in [9.17, 15) is 9.90 Å². The van der Waals surface area contributed by atoms with Crippen molar-refractivity contribution >= 4 is 17.5 Å². The van der Waals surface area contributed by atoms with E-state index in [4.69, 9.17) is 4.74 Å². The minimum atomic E-state index is -0.132. The van der Waals surface area contributed by atoms with Crippen molar-refractivity contribution in [2.24, 2.45) is 5.41 Å². The molecule has 0 aliphatic heterocycles. The fraction of sp³-hybridized carbons (Fsp3) is 0.308. The van der Waals surface area contributed by atoms with Crippen LogP contribution in [0.2, 0.25) is 0 Å². The summed E-state index contributed by atoms with van der Waals surface area (Å²) in [5, 5.41) is 10.6. The number of ketones is 1. The standard InChI is InChI=1S/C26H29NO3S/c1-18-24(9-8-22(25(18)29)23(28)15-26(2,3)4)30-16-19-6-5-7-20(14-19)17-31-21-10-12-27-13-11-21/h5-14,29H,15-17H2,1-4H3. The van der Waals surface area contributed by atoms with Crippen LogP contribution in [0, 0.1) is 12.3 Å². The molecule has 0 bridgehead atoms. The minimum Gasteiger partial charge on any atom is -0.507 e. The Balaban J connectivity index is 1.64. The lowest BCUT2D eigenvalue weighted by atomic mass is 9.87. The van der Waals surface area contributed by atoms with Crippen LogP contribution in [0.1, 0.15) is 54.2 Å². The number of hydrogen-bond acceptors (Lipinski definition) is 5. The smallest absolute Gasteiger partial charge is 0.167 e. The molecule has 2 aromatic carbocycles. The Morgan fingerprint density at radius 3 is 2.48 bits per heavy atom. The summed E-state index contributed by atoms with van der Waals surface area (Å²) >= 11 is 1.76. The number of hydrogen-bond donors (Lipinski definition) is 1. The van der Waals surface area contributed by atoms with Gasteiger partial charge in [-0.05, 0) is 47.7 Å². The molecule has 3 rings (SSSR count). The second kappa shape index (κ2) is 10.0. The molecule has 0 aliphatic carbocycles. The molecule has 31 heavy (non-hydrogen) atoms. The summed E-state index contributed by atoms with van der Waals surface area (Å²) < 4.78 is 5.97. The number of carbonyl (C=O) groups excluding carboxylic acids is 1. The van der Waals surface area contributed by atoms with Gasteiger partial charge in [0.15, 0.2) is 5.78 Å². The highest BCUT2D eigenvalue weighted by Gasteiger charge is 2.21. The van der Waals surface area contributed by atoms with Gasteiger partial charge in [0.1, 0.15) is 18.1 Å². The number of pyridine rings is 1. The molecular formula is C26H29NO3S. The highest BCUT2D eigenvalue weighted by atomic mass is 32.2. The van der Waals surface area contributed by atoms with Gasteiger partial charge in [-0.15, -0.1) is 11.8 Å². The zero-order valence-electron chi connectivity index (χ0n) is 18.5. The number of Topliss-reactive ketones (excluding diaryl/α,β-unsaturated/α-hetero) is 1. The zero-order chi connectivity index (χ0) is 22.4. The predicted molar refractivity (Wildman–Crippen MR) is 126 cm³/mol. The number of aromatic hydroxyl groups is 1. The minimum absolute atomic E-state index is 0.00857. The molecule has 1 heterocycles. The van der Waals surface area contributed by atoms with Crippen molar-refractivity contribution in [3.05, 3.63) is 83.2 Å². The lowest BCUT2D eigenvalue weighted by Crippen LogP contribution is -2.13. The van der Waals surface area contributed by atoms with Gasteiger partial charge in [-0.2, -0.15) is 0 Å². The van der Waals surface area contributed by atoms with Crippen molar-refractivity contribution in [2.75, 3.05) is 0 Å². The molecule has 0 aliphatic rings. The summed E-state index contributed by atoms with van der Waals surface area (Å²) in [7, 11) is 0. The Morgan fingerprint density at radius 1 is 1.06 bits per heavy atom. The van der Waals surface area contributed by atoms with E-state index < -0.39 is 0 Å². The van der Waals surface area contributed by atoms with Crippen LogP contribution in [0.5, 0.6) is 11.5 Å². The third-order valence-electron chi connectivity index (χ3n) is 4.81. The Bertz CT molecular complexity index is 1040. The SMILES string of the molecule is Cc1c(OCc2cccc(CSc3ccncc3)c2)ccc(C(=O)CC(C)(C)C)c1O. The summed E-state index contributed by atoms with van der Waals surface area (Å²) in [5.41, 5.74) is 3.08. The van der Waals surface area contributed by atoms with Crippen LogP contribution < -0.4 is 4.74 Å². The molecule has 162 valence electrons. The van der Waals surface area contributed by atoms with Crippen LogP contribution in [0.15, 0.2) is 65.8 Å². The van der Waals surface area contributed by atoms with Gasteiger partial charge in [-0.3, -0.25) is 9.78 Å². The van der Waals surface area contributed by atoms with Crippen LogP contribution in [0.4, 0.5) is 0 Å². The molecule has 0 fully saturated rings. The number of rotatable bonds is 8. The molecule has 1 N–H and O–H groups in total. The summed E-state index contributed by atoms with van der Waals surface area (Å²) in [4.78, 5) is 17.7. The second-order valence-electron chi connectivity index (χ2n) is 8.83. The maximum atomic E-state index is 12.5. The van der Waals surface area contributed by atoms with Crippen molar-refractivity contribution < 1.29 is 14.6 Å². The van der Waals surface area contributed by atoms with Crippen molar-refractivity contribution in [3.63, 3.8) is 0 Å². The fourth-order valence-electron chi connectivity index (χ4n) is 3.21. The molecular weight excluding hydrogens is 406 g/mol. The normalized spacial score (nSPS) is 11.4. The molecule has 3 aromatic rings. The maximum absolute atomic E-state index is 12.5. The van der Waals surface area contributed by atoms with Gasteiger partial charge in [0.2, 0.25) is 0 Å². The number of carbonyl (C=O) groups is 1. The summed E-state index contributed by atoms with van der Waals surface area (Å²) in [6.45, 7) is 8.20. The van der Waals surface area contributed by atoms with Gasteiger partial charge in [-0.1, -0.05) is 45.0 Å². The van der Waals surface area contributed by atoms with Crippen LogP contribution in [-0.2, 0) is 12.4 Å². The van der Waals surface area contributed by atoms with E-state index in [1.54, 1.807) is 43.2 Å². The highest BCUT2D eigenvalue weighted by Crippen LogP contribution is 2.33. The van der Waals surface area contributed by atoms with Gasteiger partial charge in [0, 0.05) is 35.0 Å². The Kier molecular flexibility index (Phi) is 7.39. The molecule has 1 aromatic heterocycles. The van der Waals surface area contributed by atoms with Crippen LogP contribution >= 0.6 is 11.8 Å². The average Bonchev–Trinajstić information content (AvgIpc) is 2.73. The molecule has 0 radical (unpaired) electrons. The van der Waals surface area contributed by atoms with Crippen molar-refractivity contribution in [3.8, 4) is 11.5 Å². The summed E-state index contributed by atoms with van der Waals surface area (Å²) in [6.07, 6.45) is 3.98. The van der Waals surface area contributed by atoms with Crippen LogP contribution in [0.25, 0.3) is 0 Å². The highest BCUT2D eigenvalue weighted by molar-refractivity contribution is 7.98. The van der Waals surface area contributed by atoms with Gasteiger partial charge in [0.25, 0.3) is 0 Å². The molecule has 0 amide bonds. The number of aromatic nitrogens is 1. The topological polar surface area (TPSA) is 59.4 Å². The number of thioether (sulfide) groups is 1. The van der Waals surface area contributed by atoms with E-state index in [0.717, 1.165) is 11.3 Å². The van der Waals surface area contributed by atoms with E-state index in [2.05, 4.69) is 17.1 Å². The first kappa shape index (κ1) is 22.9. The Morgan fingerprint density at radius 2 is 1.77 bits per heavy atom. The zero-order valence-corrected chi connectivity index (χ0v) is 19.3. The molecule has 0 saturated carbocycles. The van der Waals surface area contributed by atoms with Crippen molar-refractivity contribution in [1.29, 1.82) is 0 Å². The number of phenolic OH excluding ortho intramolecular Hbond substituents is 1. The summed E-state index contributed by atoms with van der Waals surface area (Å²) in [6, 6.07) is 15.7. The molecule has 0 saturated heterocycles. The molecule has 0 atom stereocenters. The quantitative estimate of drug-likeness (QED) is 0.320. The lowest BCUT2D eigenvalue weighted by molar-refractivity contribution is 0.0937. The number of nitrogens with zero attached hydrogens (tertiary/aromatic N) is 1. The fourth-order valence-corrected chi connectivity index (χ4v) is 4.04. The van der Waals surface area contributed by atoms with E-state index in [1.165, 1.54) is 10.5 Å². The predicted octanol–water partition coefficient (Wildman–Crippen LogP) is 6.59. The Hall–Kier alpha value is -2.79. The van der Waals surface area contributed by atoms with E-state index in [1.807, 2.05) is 45.0 Å². The molecule has 0 spiro atoms. The van der Waals surface area contributed by atoms with E-state index >= 15 is 0 Å². The monoisotopic (exact) mass is 435 g/mol. The molecule has 5 heteroatoms. The van der Waals surface area contributed by atoms with Crippen LogP contribution in [-0.4, -0.2) is 15.9 Å². The van der Waals surface area contributed by atoms with Gasteiger partial charge in [0.05, 0.1) is 5.56 Å². The van der Waals surface area contributed by atoms with Crippen molar-refractivity contribution in [1.82, 2.24) is 4.98 Å². The third kappa shape index (κ3) is 6.59. The maximum Gasteiger partial charge on any atom is 0.167 e. The third-order valence-corrected chi connectivity index (χ3v) is 5.90. The number of ether oxygens (including phenoxy) is 1. The Labute approximate surface area is 188 Å². The first-order valence-electron chi connectivity index (χ1n) is 10.3. The van der Waals surface area contributed by atoms with Gasteiger partial charge < -0.3 is 9.84 Å². The van der Waals surface area contributed by atoms with Crippen LogP contribution in [0.3, 0.4) is 0 Å². The molecule has 0 unspecified atom stereocenters. The number of phenols is 1. The van der Waals surface area contributed by atoms with E-state index in [0.29, 0.717) is 29.9 Å². The first-order chi connectivity index (χ1) is 14.7. The molecule has 4 nitrogen and oxygen atoms in total.